The number of carbonyl (C=O) groups excluding carboxylic acids is 1. The van der Waals surface area contributed by atoms with Gasteiger partial charge >= 0.3 is 5.97 Å². The smallest absolute Gasteiger partial charge is 0.337 e. The Morgan fingerprint density at radius 2 is 2.06 bits per heavy atom. The lowest BCUT2D eigenvalue weighted by atomic mass is 10.1. The Morgan fingerprint density at radius 3 is 2.62 bits per heavy atom. The van der Waals surface area contributed by atoms with Crippen molar-refractivity contribution in [2.45, 2.75) is 6.92 Å². The average Bonchev–Trinajstić information content (AvgIpc) is 2.20. The van der Waals surface area contributed by atoms with Crippen molar-refractivity contribution in [1.82, 2.24) is 5.32 Å². The monoisotopic (exact) mass is 222 g/mol. The molecule has 0 unspecified atom stereocenters. The molecule has 1 amide bonds. The maximum Gasteiger partial charge on any atom is 0.337 e. The van der Waals surface area contributed by atoms with Gasteiger partial charge in [0.05, 0.1) is 17.8 Å². The second-order valence-electron chi connectivity index (χ2n) is 3.43. The number of rotatable bonds is 4. The summed E-state index contributed by atoms with van der Waals surface area (Å²) < 4.78 is 0. The van der Waals surface area contributed by atoms with E-state index in [1.165, 1.54) is 6.07 Å². The molecule has 0 bridgehead atoms. The highest BCUT2D eigenvalue weighted by atomic mass is 16.4. The summed E-state index contributed by atoms with van der Waals surface area (Å²) in [5, 5.41) is 14.2. The summed E-state index contributed by atoms with van der Waals surface area (Å²) in [6.45, 7) is 1.94. The first-order valence-electron chi connectivity index (χ1n) is 4.83. The van der Waals surface area contributed by atoms with E-state index in [1.54, 1.807) is 26.1 Å². The number of aryl methyl sites for hydroxylation is 1. The molecule has 0 spiro atoms. The zero-order valence-corrected chi connectivity index (χ0v) is 9.20. The fourth-order valence-corrected chi connectivity index (χ4v) is 1.30. The van der Waals surface area contributed by atoms with E-state index >= 15 is 0 Å². The van der Waals surface area contributed by atoms with E-state index in [0.717, 1.165) is 5.56 Å². The van der Waals surface area contributed by atoms with Crippen LogP contribution in [0.15, 0.2) is 18.2 Å². The standard InChI is InChI=1S/C11H14N2O3/c1-7-3-4-9(8(5-7)11(15)16)13-10(14)6-12-2/h3-5,12H,6H2,1-2H3,(H,13,14)(H,15,16). The lowest BCUT2D eigenvalue weighted by molar-refractivity contribution is -0.115. The van der Waals surface area contributed by atoms with Crippen molar-refractivity contribution in [2.24, 2.45) is 0 Å². The molecular formula is C11H14N2O3. The average molecular weight is 222 g/mol. The topological polar surface area (TPSA) is 78.4 Å². The second-order valence-corrected chi connectivity index (χ2v) is 3.43. The molecule has 0 atom stereocenters. The van der Waals surface area contributed by atoms with Crippen molar-refractivity contribution in [3.05, 3.63) is 29.3 Å². The van der Waals surface area contributed by atoms with Crippen molar-refractivity contribution in [1.29, 1.82) is 0 Å². The first-order chi connectivity index (χ1) is 7.54. The molecule has 0 heterocycles. The van der Waals surface area contributed by atoms with Gasteiger partial charge in [0.2, 0.25) is 5.91 Å². The van der Waals surface area contributed by atoms with E-state index < -0.39 is 5.97 Å². The van der Waals surface area contributed by atoms with Crippen LogP contribution in [-0.2, 0) is 4.79 Å². The van der Waals surface area contributed by atoms with Gasteiger partial charge in [0.1, 0.15) is 0 Å². The lowest BCUT2D eigenvalue weighted by Gasteiger charge is -2.08. The summed E-state index contributed by atoms with van der Waals surface area (Å²) in [5.74, 6) is -1.32. The summed E-state index contributed by atoms with van der Waals surface area (Å²) >= 11 is 0. The predicted octanol–water partition coefficient (Wildman–Crippen LogP) is 0.851. The van der Waals surface area contributed by atoms with E-state index in [0.29, 0.717) is 5.69 Å². The van der Waals surface area contributed by atoms with Crippen LogP contribution >= 0.6 is 0 Å². The molecule has 0 aliphatic rings. The van der Waals surface area contributed by atoms with Crippen LogP contribution < -0.4 is 10.6 Å². The molecule has 1 rings (SSSR count). The largest absolute Gasteiger partial charge is 0.478 e. The third kappa shape index (κ3) is 3.06. The van der Waals surface area contributed by atoms with Crippen LogP contribution in [-0.4, -0.2) is 30.6 Å². The highest BCUT2D eigenvalue weighted by Gasteiger charge is 2.11. The summed E-state index contributed by atoms with van der Waals surface area (Å²) in [4.78, 5) is 22.3. The molecule has 1 aromatic rings. The van der Waals surface area contributed by atoms with Gasteiger partial charge in [0.15, 0.2) is 0 Å². The minimum atomic E-state index is -1.05. The fraction of sp³-hybridized carbons (Fsp3) is 0.273. The Kier molecular flexibility index (Phi) is 4.02. The number of benzene rings is 1. The molecule has 0 fully saturated rings. The number of hydrogen-bond donors (Lipinski definition) is 3. The van der Waals surface area contributed by atoms with Gasteiger partial charge in [0.25, 0.3) is 0 Å². The normalized spacial score (nSPS) is 9.88. The Morgan fingerprint density at radius 1 is 1.38 bits per heavy atom. The van der Waals surface area contributed by atoms with E-state index in [-0.39, 0.29) is 18.0 Å². The highest BCUT2D eigenvalue weighted by molar-refractivity contribution is 6.01. The summed E-state index contributed by atoms with van der Waals surface area (Å²) in [7, 11) is 1.65. The van der Waals surface area contributed by atoms with E-state index in [9.17, 15) is 9.59 Å². The Balaban J connectivity index is 2.95. The molecule has 0 aliphatic carbocycles. The molecule has 3 N–H and O–H groups in total. The minimum Gasteiger partial charge on any atom is -0.478 e. The zero-order valence-electron chi connectivity index (χ0n) is 9.20. The van der Waals surface area contributed by atoms with E-state index in [4.69, 9.17) is 5.11 Å². The maximum absolute atomic E-state index is 11.3. The number of likely N-dealkylation sites (N-methyl/N-ethyl adjacent to an activating group) is 1. The maximum atomic E-state index is 11.3. The number of aromatic carboxylic acids is 1. The zero-order chi connectivity index (χ0) is 12.1. The highest BCUT2D eigenvalue weighted by Crippen LogP contribution is 2.17. The predicted molar refractivity (Wildman–Crippen MR) is 60.7 cm³/mol. The third-order valence-electron chi connectivity index (χ3n) is 2.02. The van der Waals surface area contributed by atoms with Gasteiger partial charge in [-0.1, -0.05) is 11.6 Å². The van der Waals surface area contributed by atoms with Crippen molar-refractivity contribution in [3.8, 4) is 0 Å². The summed E-state index contributed by atoms with van der Waals surface area (Å²) in [5.41, 5.74) is 1.26. The van der Waals surface area contributed by atoms with Crippen LogP contribution in [0.25, 0.3) is 0 Å². The van der Waals surface area contributed by atoms with Crippen molar-refractivity contribution in [2.75, 3.05) is 18.9 Å². The molecule has 0 radical (unpaired) electrons. The van der Waals surface area contributed by atoms with Gasteiger partial charge in [-0.15, -0.1) is 0 Å². The SMILES string of the molecule is CNCC(=O)Nc1ccc(C)cc1C(=O)O. The molecule has 0 aromatic heterocycles. The molecule has 0 aliphatic heterocycles. The van der Waals surface area contributed by atoms with Gasteiger partial charge in [-0.2, -0.15) is 0 Å². The molecule has 86 valence electrons. The Labute approximate surface area is 93.5 Å². The van der Waals surface area contributed by atoms with Gasteiger partial charge in [-0.05, 0) is 26.1 Å². The summed E-state index contributed by atoms with van der Waals surface area (Å²) in [6, 6.07) is 4.87. The van der Waals surface area contributed by atoms with Gasteiger partial charge in [-0.3, -0.25) is 4.79 Å². The molecule has 16 heavy (non-hydrogen) atoms. The number of carbonyl (C=O) groups is 2. The number of anilines is 1. The molecule has 5 nitrogen and oxygen atoms in total. The van der Waals surface area contributed by atoms with Crippen molar-refractivity contribution >= 4 is 17.6 Å². The molecular weight excluding hydrogens is 208 g/mol. The minimum absolute atomic E-state index is 0.101. The molecule has 5 heteroatoms. The van der Waals surface area contributed by atoms with E-state index in [2.05, 4.69) is 10.6 Å². The van der Waals surface area contributed by atoms with Gasteiger partial charge < -0.3 is 15.7 Å². The number of hydrogen-bond acceptors (Lipinski definition) is 3. The van der Waals surface area contributed by atoms with Crippen LogP contribution in [0.2, 0.25) is 0 Å². The van der Waals surface area contributed by atoms with Crippen LogP contribution in [0, 0.1) is 6.92 Å². The second kappa shape index (κ2) is 5.27. The quantitative estimate of drug-likeness (QED) is 0.705. The van der Waals surface area contributed by atoms with Crippen LogP contribution in [0.4, 0.5) is 5.69 Å². The van der Waals surface area contributed by atoms with Gasteiger partial charge in [0, 0.05) is 0 Å². The third-order valence-corrected chi connectivity index (χ3v) is 2.02. The van der Waals surface area contributed by atoms with Crippen LogP contribution in [0.1, 0.15) is 15.9 Å². The van der Waals surface area contributed by atoms with Crippen molar-refractivity contribution in [3.63, 3.8) is 0 Å². The lowest BCUT2D eigenvalue weighted by Crippen LogP contribution is -2.25. The van der Waals surface area contributed by atoms with E-state index in [1.807, 2.05) is 0 Å². The van der Waals surface area contributed by atoms with Gasteiger partial charge in [-0.25, -0.2) is 4.79 Å². The number of carboxylic acids is 1. The number of nitrogens with one attached hydrogen (secondary N) is 2. The molecule has 0 saturated carbocycles. The molecule has 0 saturated heterocycles. The fourth-order valence-electron chi connectivity index (χ4n) is 1.30. The van der Waals surface area contributed by atoms with Crippen LogP contribution in [0.3, 0.4) is 0 Å². The number of carboxylic acid groups (broad SMARTS) is 1. The van der Waals surface area contributed by atoms with Crippen LogP contribution in [0.5, 0.6) is 0 Å². The number of amides is 1. The van der Waals surface area contributed by atoms with Crippen molar-refractivity contribution < 1.29 is 14.7 Å². The molecule has 1 aromatic carbocycles. The Bertz CT molecular complexity index is 416. The first kappa shape index (κ1) is 12.2. The summed E-state index contributed by atoms with van der Waals surface area (Å²) in [6.07, 6.45) is 0. The first-order valence-corrected chi connectivity index (χ1v) is 4.83. The Hall–Kier alpha value is -1.88.